The summed E-state index contributed by atoms with van der Waals surface area (Å²) in [5.41, 5.74) is 2.42. The lowest BCUT2D eigenvalue weighted by Gasteiger charge is -2.17. The lowest BCUT2D eigenvalue weighted by atomic mass is 10.2. The summed E-state index contributed by atoms with van der Waals surface area (Å²) in [5, 5.41) is 0. The van der Waals surface area contributed by atoms with Crippen molar-refractivity contribution < 1.29 is 17.9 Å². The maximum atomic E-state index is 11.6. The lowest BCUT2D eigenvalue weighted by molar-refractivity contribution is 0.0949. The Kier molecular flexibility index (Phi) is 6.60. The molecule has 1 rings (SSSR count). The molecule has 0 aliphatic carbocycles. The Morgan fingerprint density at radius 3 is 2.62 bits per heavy atom. The predicted molar refractivity (Wildman–Crippen MR) is 80.8 cm³/mol. The number of nitrogens with two attached hydrogens (primary N) is 1. The predicted octanol–water partition coefficient (Wildman–Crippen LogP) is -0.355. The van der Waals surface area contributed by atoms with E-state index in [1.54, 1.807) is 24.3 Å². The molecule has 0 heterocycles. The van der Waals surface area contributed by atoms with Gasteiger partial charge in [0.05, 0.1) is 11.3 Å². The smallest absolute Gasteiger partial charge is 0.268 e. The molecule has 0 saturated heterocycles. The molecule has 3 N–H and O–H groups in total. The minimum absolute atomic E-state index is 0.107. The number of hydrogen-bond donors (Lipinski definition) is 2. The minimum Gasteiger partial charge on any atom is -0.491 e. The third-order valence-corrected chi connectivity index (χ3v) is 3.76. The molecule has 0 radical (unpaired) electrons. The molecule has 0 fully saturated rings. The summed E-state index contributed by atoms with van der Waals surface area (Å²) >= 11 is 0. The van der Waals surface area contributed by atoms with Crippen molar-refractivity contribution in [1.82, 2.24) is 10.3 Å². The first-order valence-electron chi connectivity index (χ1n) is 6.42. The first-order valence-corrected chi connectivity index (χ1v) is 8.48. The number of nitrogens with one attached hydrogen (secondary N) is 1. The van der Waals surface area contributed by atoms with Crippen LogP contribution in [0, 0.1) is 0 Å². The first-order chi connectivity index (χ1) is 9.83. The molecule has 0 saturated carbocycles. The van der Waals surface area contributed by atoms with Gasteiger partial charge in [0.2, 0.25) is 0 Å². The number of hydrazine groups is 1. The molecule has 21 heavy (non-hydrogen) atoms. The van der Waals surface area contributed by atoms with E-state index >= 15 is 0 Å². The third kappa shape index (κ3) is 6.56. The Labute approximate surface area is 125 Å². The molecule has 118 valence electrons. The van der Waals surface area contributed by atoms with Crippen molar-refractivity contribution in [3.63, 3.8) is 0 Å². The zero-order chi connectivity index (χ0) is 15.9. The van der Waals surface area contributed by atoms with Crippen LogP contribution in [0.2, 0.25) is 0 Å². The second-order valence-electron chi connectivity index (χ2n) is 4.75. The van der Waals surface area contributed by atoms with E-state index in [0.717, 1.165) is 0 Å². The van der Waals surface area contributed by atoms with E-state index in [9.17, 15) is 13.2 Å². The highest BCUT2D eigenvalue weighted by molar-refractivity contribution is 7.90. The Morgan fingerprint density at radius 1 is 1.33 bits per heavy atom. The monoisotopic (exact) mass is 315 g/mol. The number of hydrogen-bond acceptors (Lipinski definition) is 6. The normalized spacial score (nSPS) is 11.4. The van der Waals surface area contributed by atoms with Crippen LogP contribution in [-0.4, -0.2) is 58.0 Å². The van der Waals surface area contributed by atoms with Crippen LogP contribution in [0.1, 0.15) is 10.4 Å². The Balaban J connectivity index is 2.47. The molecule has 1 amide bonds. The molecular weight excluding hydrogens is 294 g/mol. The van der Waals surface area contributed by atoms with Gasteiger partial charge in [-0.3, -0.25) is 10.2 Å². The van der Waals surface area contributed by atoms with E-state index in [1.807, 2.05) is 11.9 Å². The minimum atomic E-state index is -2.97. The summed E-state index contributed by atoms with van der Waals surface area (Å²) in [7, 11) is -1.15. The fraction of sp³-hybridized carbons (Fsp3) is 0.462. The van der Waals surface area contributed by atoms with E-state index in [1.165, 1.54) is 6.26 Å². The fourth-order valence-electron chi connectivity index (χ4n) is 1.60. The van der Waals surface area contributed by atoms with Crippen LogP contribution in [0.4, 0.5) is 0 Å². The van der Waals surface area contributed by atoms with E-state index in [4.69, 9.17) is 10.6 Å². The Bertz CT molecular complexity index is 575. The molecular formula is C13H21N3O4S. The van der Waals surface area contributed by atoms with E-state index < -0.39 is 15.7 Å². The van der Waals surface area contributed by atoms with Crippen molar-refractivity contribution in [1.29, 1.82) is 0 Å². The number of sulfone groups is 1. The molecule has 0 spiro atoms. The largest absolute Gasteiger partial charge is 0.491 e. The number of amides is 1. The quantitative estimate of drug-likeness (QED) is 0.386. The van der Waals surface area contributed by atoms with Gasteiger partial charge in [0, 0.05) is 19.3 Å². The van der Waals surface area contributed by atoms with Gasteiger partial charge < -0.3 is 9.64 Å². The lowest BCUT2D eigenvalue weighted by Crippen LogP contribution is -2.31. The van der Waals surface area contributed by atoms with Gasteiger partial charge in [-0.25, -0.2) is 14.3 Å². The van der Waals surface area contributed by atoms with Crippen LogP contribution < -0.4 is 16.0 Å². The summed E-state index contributed by atoms with van der Waals surface area (Å²) in [6, 6.07) is 6.78. The molecule has 8 heteroatoms. The summed E-state index contributed by atoms with van der Waals surface area (Å²) < 4.78 is 27.7. The number of carbonyl (C=O) groups is 1. The maximum Gasteiger partial charge on any atom is 0.268 e. The van der Waals surface area contributed by atoms with Gasteiger partial charge in [-0.05, 0) is 19.2 Å². The van der Waals surface area contributed by atoms with Crippen LogP contribution in [0.15, 0.2) is 24.3 Å². The summed E-state index contributed by atoms with van der Waals surface area (Å²) in [5.74, 6) is 5.24. The van der Waals surface area contributed by atoms with Gasteiger partial charge in [0.25, 0.3) is 5.91 Å². The van der Waals surface area contributed by atoms with Gasteiger partial charge in [-0.2, -0.15) is 0 Å². The van der Waals surface area contributed by atoms with Gasteiger partial charge in [0.15, 0.2) is 0 Å². The zero-order valence-corrected chi connectivity index (χ0v) is 13.0. The highest BCUT2D eigenvalue weighted by Gasteiger charge is 2.11. The van der Waals surface area contributed by atoms with Gasteiger partial charge in [0.1, 0.15) is 22.2 Å². The highest BCUT2D eigenvalue weighted by atomic mass is 32.2. The van der Waals surface area contributed by atoms with Crippen molar-refractivity contribution in [2.75, 3.05) is 38.8 Å². The molecule has 0 aromatic heterocycles. The molecule has 0 aliphatic heterocycles. The number of ether oxygens (including phenoxy) is 1. The standard InChI is InChI=1S/C13H21N3O4S/c1-16(8-10-21(2,18)19)7-9-20-12-6-4-3-5-11(12)13(17)15-14/h3-6H,7-10,14H2,1-2H3,(H,15,17). The van der Waals surface area contributed by atoms with Crippen LogP contribution in [-0.2, 0) is 9.84 Å². The third-order valence-electron chi connectivity index (χ3n) is 2.84. The number of nitrogens with zero attached hydrogens (tertiary/aromatic N) is 1. The first kappa shape index (κ1) is 17.4. The number of likely N-dealkylation sites (N-methyl/N-ethyl adjacent to an activating group) is 1. The topological polar surface area (TPSA) is 102 Å². The summed E-state index contributed by atoms with van der Waals surface area (Å²) in [6.45, 7) is 1.33. The van der Waals surface area contributed by atoms with Crippen molar-refractivity contribution >= 4 is 15.7 Å². The molecule has 7 nitrogen and oxygen atoms in total. The Hall–Kier alpha value is -1.64. The maximum absolute atomic E-state index is 11.6. The van der Waals surface area contributed by atoms with Gasteiger partial charge >= 0.3 is 0 Å². The number of para-hydroxylation sites is 1. The number of carbonyl (C=O) groups excluding carboxylic acids is 1. The molecule has 1 aromatic rings. The average molecular weight is 315 g/mol. The number of rotatable bonds is 8. The van der Waals surface area contributed by atoms with E-state index in [0.29, 0.717) is 31.0 Å². The van der Waals surface area contributed by atoms with Gasteiger partial charge in [-0.1, -0.05) is 12.1 Å². The van der Waals surface area contributed by atoms with Crippen molar-refractivity contribution in [3.05, 3.63) is 29.8 Å². The van der Waals surface area contributed by atoms with Crippen molar-refractivity contribution in [2.24, 2.45) is 5.84 Å². The molecule has 0 atom stereocenters. The van der Waals surface area contributed by atoms with Crippen molar-refractivity contribution in [3.8, 4) is 5.75 Å². The number of benzene rings is 1. The van der Waals surface area contributed by atoms with Crippen LogP contribution in [0.5, 0.6) is 5.75 Å². The van der Waals surface area contributed by atoms with E-state index in [-0.39, 0.29) is 5.75 Å². The van der Waals surface area contributed by atoms with E-state index in [2.05, 4.69) is 5.43 Å². The molecule has 0 aliphatic rings. The van der Waals surface area contributed by atoms with Crippen LogP contribution in [0.25, 0.3) is 0 Å². The SMILES string of the molecule is CN(CCOc1ccccc1C(=O)NN)CCS(C)(=O)=O. The summed E-state index contributed by atoms with van der Waals surface area (Å²) in [4.78, 5) is 13.4. The number of nitrogen functional groups attached to an aromatic ring is 1. The summed E-state index contributed by atoms with van der Waals surface area (Å²) in [6.07, 6.45) is 1.21. The van der Waals surface area contributed by atoms with Gasteiger partial charge in [-0.15, -0.1) is 0 Å². The van der Waals surface area contributed by atoms with Crippen LogP contribution >= 0.6 is 0 Å². The molecule has 0 bridgehead atoms. The van der Waals surface area contributed by atoms with Crippen molar-refractivity contribution in [2.45, 2.75) is 0 Å². The second kappa shape index (κ2) is 7.96. The second-order valence-corrected chi connectivity index (χ2v) is 7.01. The van der Waals surface area contributed by atoms with Crippen LogP contribution in [0.3, 0.4) is 0 Å². The average Bonchev–Trinajstić information content (AvgIpc) is 2.44. The zero-order valence-electron chi connectivity index (χ0n) is 12.2. The molecule has 0 unspecified atom stereocenters. The highest BCUT2D eigenvalue weighted by Crippen LogP contribution is 2.17. The fourth-order valence-corrected chi connectivity index (χ4v) is 2.25. The molecule has 1 aromatic carbocycles. The Morgan fingerprint density at radius 2 is 2.00 bits per heavy atom.